The number of benzene rings is 1. The van der Waals surface area contributed by atoms with E-state index in [0.717, 1.165) is 5.56 Å². The molecular weight excluding hydrogens is 336 g/mol. The molecule has 8 nitrogen and oxygen atoms in total. The Morgan fingerprint density at radius 1 is 1.19 bits per heavy atom. The van der Waals surface area contributed by atoms with E-state index in [1.54, 1.807) is 43.6 Å². The first kappa shape index (κ1) is 17.4. The van der Waals surface area contributed by atoms with Crippen LogP contribution in [0.4, 0.5) is 0 Å². The Balaban J connectivity index is 1.97. The third-order valence-electron chi connectivity index (χ3n) is 3.97. The smallest absolute Gasteiger partial charge is 0.321 e. The monoisotopic (exact) mass is 354 g/mol. The average Bonchev–Trinajstić information content (AvgIpc) is 2.99. The molecule has 0 aliphatic rings. The van der Waals surface area contributed by atoms with E-state index in [9.17, 15) is 9.59 Å². The largest absolute Gasteiger partial charge is 0.469 e. The van der Waals surface area contributed by atoms with Crippen LogP contribution < -0.4 is 10.3 Å². The zero-order chi connectivity index (χ0) is 18.5. The van der Waals surface area contributed by atoms with Crippen LogP contribution in [0.15, 0.2) is 47.5 Å². The molecule has 0 fully saturated rings. The van der Waals surface area contributed by atoms with Crippen molar-refractivity contribution in [2.75, 3.05) is 7.11 Å². The molecule has 3 aromatic rings. The van der Waals surface area contributed by atoms with E-state index in [-0.39, 0.29) is 18.0 Å². The van der Waals surface area contributed by atoms with Crippen LogP contribution in [0.3, 0.4) is 0 Å². The molecular formula is C18H18N4O4. The van der Waals surface area contributed by atoms with Gasteiger partial charge in [0, 0.05) is 29.6 Å². The van der Waals surface area contributed by atoms with Crippen molar-refractivity contribution in [3.63, 3.8) is 0 Å². The van der Waals surface area contributed by atoms with Gasteiger partial charge in [-0.2, -0.15) is 0 Å². The van der Waals surface area contributed by atoms with Gasteiger partial charge in [0.2, 0.25) is 0 Å². The summed E-state index contributed by atoms with van der Waals surface area (Å²) in [4.78, 5) is 32.1. The van der Waals surface area contributed by atoms with Crippen molar-refractivity contribution in [1.82, 2.24) is 20.2 Å². The molecule has 1 aromatic carbocycles. The maximum absolute atomic E-state index is 12.2. The number of carbonyl (C=O) groups excluding carboxylic acids is 1. The van der Waals surface area contributed by atoms with E-state index >= 15 is 0 Å². The number of ether oxygens (including phenoxy) is 2. The molecule has 1 unspecified atom stereocenters. The van der Waals surface area contributed by atoms with Crippen molar-refractivity contribution in [3.05, 3.63) is 69.9 Å². The fraction of sp³-hybridized carbons (Fsp3) is 0.222. The third-order valence-corrected chi connectivity index (χ3v) is 3.97. The highest BCUT2D eigenvalue weighted by Crippen LogP contribution is 2.31. The van der Waals surface area contributed by atoms with E-state index in [0.29, 0.717) is 17.0 Å². The Bertz CT molecular complexity index is 949. The van der Waals surface area contributed by atoms with Gasteiger partial charge in [0.1, 0.15) is 5.75 Å². The van der Waals surface area contributed by atoms with E-state index in [1.807, 2.05) is 6.07 Å². The molecule has 2 heterocycles. The van der Waals surface area contributed by atoms with E-state index in [1.165, 1.54) is 7.11 Å². The third kappa shape index (κ3) is 3.80. The van der Waals surface area contributed by atoms with Crippen molar-refractivity contribution in [3.8, 4) is 11.8 Å². The molecule has 0 amide bonds. The summed E-state index contributed by atoms with van der Waals surface area (Å²) in [5.41, 5.74) is 1.64. The number of hydrogen-bond donors (Lipinski definition) is 2. The van der Waals surface area contributed by atoms with Crippen LogP contribution in [-0.4, -0.2) is 33.2 Å². The van der Waals surface area contributed by atoms with Gasteiger partial charge in [0.25, 0.3) is 5.56 Å². The van der Waals surface area contributed by atoms with Gasteiger partial charge >= 0.3 is 12.0 Å². The van der Waals surface area contributed by atoms with E-state index in [2.05, 4.69) is 20.2 Å². The van der Waals surface area contributed by atoms with Crippen LogP contribution in [0.2, 0.25) is 0 Å². The molecule has 0 radical (unpaired) electrons. The molecule has 0 bridgehead atoms. The van der Waals surface area contributed by atoms with Gasteiger partial charge < -0.3 is 14.6 Å². The average molecular weight is 354 g/mol. The Kier molecular flexibility index (Phi) is 5.12. The van der Waals surface area contributed by atoms with Crippen molar-refractivity contribution in [1.29, 1.82) is 0 Å². The highest BCUT2D eigenvalue weighted by molar-refractivity contribution is 5.71. The van der Waals surface area contributed by atoms with E-state index < -0.39 is 11.9 Å². The van der Waals surface area contributed by atoms with Crippen LogP contribution in [-0.2, 0) is 9.53 Å². The zero-order valence-corrected chi connectivity index (χ0v) is 14.4. The molecule has 26 heavy (non-hydrogen) atoms. The minimum Gasteiger partial charge on any atom is -0.469 e. The molecule has 2 aromatic heterocycles. The second-order valence-electron chi connectivity index (χ2n) is 5.66. The number of aromatic amines is 2. The molecule has 0 aliphatic carbocycles. The number of hydrogen-bond acceptors (Lipinski definition) is 6. The predicted octanol–water partition coefficient (Wildman–Crippen LogP) is 2.29. The minimum absolute atomic E-state index is 0.0313. The summed E-state index contributed by atoms with van der Waals surface area (Å²) in [6.45, 7) is 1.77. The van der Waals surface area contributed by atoms with Gasteiger partial charge in [-0.1, -0.05) is 12.1 Å². The quantitative estimate of drug-likeness (QED) is 0.657. The number of nitrogens with one attached hydrogen (secondary N) is 2. The number of aromatic nitrogens is 4. The standard InChI is InChI=1S/C18H18N4O4/c1-11-16(17(24)22-21-11)14(10-15(23)25-2)12-5-3-6-13(9-12)26-18-19-7-4-8-20-18/h3-9,14H,10H2,1-2H3,(H2,21,22,24). The summed E-state index contributed by atoms with van der Waals surface area (Å²) in [6.07, 6.45) is 3.19. The maximum atomic E-state index is 12.2. The molecule has 2 N–H and O–H groups in total. The molecule has 0 saturated carbocycles. The van der Waals surface area contributed by atoms with Gasteiger partial charge in [-0.25, -0.2) is 9.97 Å². The van der Waals surface area contributed by atoms with Crippen molar-refractivity contribution < 1.29 is 14.3 Å². The lowest BCUT2D eigenvalue weighted by Crippen LogP contribution is -2.17. The summed E-state index contributed by atoms with van der Waals surface area (Å²) in [7, 11) is 1.32. The first-order chi connectivity index (χ1) is 12.6. The van der Waals surface area contributed by atoms with E-state index in [4.69, 9.17) is 9.47 Å². The molecule has 3 rings (SSSR count). The Morgan fingerprint density at radius 2 is 1.96 bits per heavy atom. The van der Waals surface area contributed by atoms with Crippen LogP contribution in [0.5, 0.6) is 11.8 Å². The lowest BCUT2D eigenvalue weighted by molar-refractivity contribution is -0.140. The van der Waals surface area contributed by atoms with Gasteiger partial charge in [-0.3, -0.25) is 14.7 Å². The maximum Gasteiger partial charge on any atom is 0.321 e. The normalized spacial score (nSPS) is 11.8. The first-order valence-corrected chi connectivity index (χ1v) is 7.97. The second kappa shape index (κ2) is 7.64. The molecule has 134 valence electrons. The lowest BCUT2D eigenvalue weighted by atomic mass is 9.88. The van der Waals surface area contributed by atoms with Gasteiger partial charge in [-0.05, 0) is 30.7 Å². The van der Waals surface area contributed by atoms with Crippen LogP contribution >= 0.6 is 0 Å². The topological polar surface area (TPSA) is 110 Å². The highest BCUT2D eigenvalue weighted by atomic mass is 16.5. The number of methoxy groups -OCH3 is 1. The number of rotatable bonds is 6. The number of esters is 1. The number of aryl methyl sites for hydroxylation is 1. The minimum atomic E-state index is -0.474. The number of H-pyrrole nitrogens is 2. The first-order valence-electron chi connectivity index (χ1n) is 7.97. The lowest BCUT2D eigenvalue weighted by Gasteiger charge is -2.16. The molecule has 0 saturated heterocycles. The molecule has 1 atom stereocenters. The SMILES string of the molecule is COC(=O)CC(c1cccc(Oc2ncccn2)c1)c1c(C)[nH][nH]c1=O. The predicted molar refractivity (Wildman–Crippen MR) is 93.2 cm³/mol. The van der Waals surface area contributed by atoms with Gasteiger partial charge in [0.05, 0.1) is 13.5 Å². The Labute approximate surface area is 149 Å². The van der Waals surface area contributed by atoms with Crippen molar-refractivity contribution in [2.45, 2.75) is 19.3 Å². The number of carbonyl (C=O) groups is 1. The molecule has 8 heteroatoms. The van der Waals surface area contributed by atoms with Crippen LogP contribution in [0.1, 0.15) is 29.2 Å². The summed E-state index contributed by atoms with van der Waals surface area (Å²) in [5, 5.41) is 5.34. The number of nitrogens with zero attached hydrogens (tertiary/aromatic N) is 2. The fourth-order valence-electron chi connectivity index (χ4n) is 2.75. The van der Waals surface area contributed by atoms with Crippen molar-refractivity contribution >= 4 is 5.97 Å². The van der Waals surface area contributed by atoms with Crippen LogP contribution in [0.25, 0.3) is 0 Å². The summed E-state index contributed by atoms with van der Waals surface area (Å²) >= 11 is 0. The Morgan fingerprint density at radius 3 is 2.62 bits per heavy atom. The molecule has 0 aliphatic heterocycles. The Hall–Kier alpha value is -3.42. The summed E-state index contributed by atoms with van der Waals surface area (Å²) in [6, 6.07) is 9.03. The van der Waals surface area contributed by atoms with Crippen molar-refractivity contribution in [2.24, 2.45) is 0 Å². The van der Waals surface area contributed by atoms with Gasteiger partial charge in [-0.15, -0.1) is 0 Å². The van der Waals surface area contributed by atoms with Gasteiger partial charge in [0.15, 0.2) is 0 Å². The summed E-state index contributed by atoms with van der Waals surface area (Å²) < 4.78 is 10.4. The highest BCUT2D eigenvalue weighted by Gasteiger charge is 2.25. The second-order valence-corrected chi connectivity index (χ2v) is 5.66. The fourth-order valence-corrected chi connectivity index (χ4v) is 2.75. The zero-order valence-electron chi connectivity index (χ0n) is 14.4. The van der Waals surface area contributed by atoms with Crippen LogP contribution in [0, 0.1) is 6.92 Å². The summed E-state index contributed by atoms with van der Waals surface area (Å²) in [5.74, 6) is -0.376. The molecule has 0 spiro atoms.